The molecule has 0 bridgehead atoms. The van der Waals surface area contributed by atoms with Gasteiger partial charge in [-0.2, -0.15) is 5.26 Å². The van der Waals surface area contributed by atoms with Gasteiger partial charge in [0.25, 0.3) is 0 Å². The van der Waals surface area contributed by atoms with Crippen molar-refractivity contribution in [2.75, 3.05) is 0 Å². The van der Waals surface area contributed by atoms with Gasteiger partial charge < -0.3 is 5.73 Å². The van der Waals surface area contributed by atoms with Crippen LogP contribution in [0.25, 0.3) is 0 Å². The van der Waals surface area contributed by atoms with Gasteiger partial charge in [0.1, 0.15) is 11.4 Å². The van der Waals surface area contributed by atoms with Crippen LogP contribution in [0.2, 0.25) is 0 Å². The number of nitriles is 1. The van der Waals surface area contributed by atoms with E-state index in [1.165, 1.54) is 0 Å². The zero-order valence-electron chi connectivity index (χ0n) is 9.33. The second-order valence-corrected chi connectivity index (χ2v) is 4.45. The maximum atomic E-state index is 13.8. The largest absolute Gasteiger partial charge is 0.313 e. The van der Waals surface area contributed by atoms with E-state index in [1.54, 1.807) is 12.1 Å². The van der Waals surface area contributed by atoms with Crippen molar-refractivity contribution in [3.8, 4) is 6.07 Å². The van der Waals surface area contributed by atoms with Gasteiger partial charge in [-0.1, -0.05) is 19.1 Å². The summed E-state index contributed by atoms with van der Waals surface area (Å²) in [7, 11) is 0. The molecule has 0 aromatic heterocycles. The van der Waals surface area contributed by atoms with Crippen molar-refractivity contribution in [1.29, 1.82) is 5.26 Å². The Bertz CT molecular complexity index is 450. The first kappa shape index (κ1) is 11.1. The lowest BCUT2D eigenvalue weighted by molar-refractivity contribution is 0.259. The molecular weight excluding hydrogens is 203 g/mol. The van der Waals surface area contributed by atoms with Gasteiger partial charge in [0.15, 0.2) is 0 Å². The monoisotopic (exact) mass is 218 g/mol. The van der Waals surface area contributed by atoms with Gasteiger partial charge in [0.2, 0.25) is 0 Å². The summed E-state index contributed by atoms with van der Waals surface area (Å²) in [6.45, 7) is 1.99. The number of nitrogens with zero attached hydrogens (tertiary/aromatic N) is 1. The third-order valence-corrected chi connectivity index (χ3v) is 3.53. The van der Waals surface area contributed by atoms with Gasteiger partial charge in [0.05, 0.1) is 6.07 Å². The van der Waals surface area contributed by atoms with Crippen molar-refractivity contribution in [3.05, 3.63) is 35.1 Å². The first-order chi connectivity index (χ1) is 7.60. The van der Waals surface area contributed by atoms with Gasteiger partial charge in [0, 0.05) is 5.92 Å². The first-order valence-electron chi connectivity index (χ1n) is 5.59. The second-order valence-electron chi connectivity index (χ2n) is 4.45. The van der Waals surface area contributed by atoms with Crippen LogP contribution in [0.4, 0.5) is 4.39 Å². The minimum Gasteiger partial charge on any atom is -0.313 e. The molecule has 84 valence electrons. The minimum atomic E-state index is -0.866. The summed E-state index contributed by atoms with van der Waals surface area (Å²) in [5, 5.41) is 8.97. The van der Waals surface area contributed by atoms with Gasteiger partial charge >= 0.3 is 0 Å². The Balaban J connectivity index is 2.33. The highest BCUT2D eigenvalue weighted by atomic mass is 19.1. The Hall–Kier alpha value is -1.40. The molecule has 2 N–H and O–H groups in total. The molecule has 1 aromatic carbocycles. The van der Waals surface area contributed by atoms with Crippen LogP contribution in [0.15, 0.2) is 18.2 Å². The SMILES string of the molecule is CCc1ccc([C@H]2CC[C@@]2(N)C#N)c(F)c1. The summed E-state index contributed by atoms with van der Waals surface area (Å²) in [5.41, 5.74) is 6.59. The van der Waals surface area contributed by atoms with E-state index in [9.17, 15) is 4.39 Å². The van der Waals surface area contributed by atoms with Crippen molar-refractivity contribution < 1.29 is 4.39 Å². The van der Waals surface area contributed by atoms with E-state index in [2.05, 4.69) is 6.07 Å². The molecule has 1 aromatic rings. The molecule has 0 spiro atoms. The number of benzene rings is 1. The zero-order valence-corrected chi connectivity index (χ0v) is 9.33. The molecule has 0 heterocycles. The predicted octanol–water partition coefficient (Wildman–Crippen LogP) is 2.49. The van der Waals surface area contributed by atoms with Crippen LogP contribution in [0.3, 0.4) is 0 Å². The molecule has 2 atom stereocenters. The van der Waals surface area contributed by atoms with E-state index in [1.807, 2.05) is 13.0 Å². The highest BCUT2D eigenvalue weighted by Crippen LogP contribution is 2.44. The van der Waals surface area contributed by atoms with Gasteiger partial charge in [-0.15, -0.1) is 0 Å². The van der Waals surface area contributed by atoms with Crippen molar-refractivity contribution in [1.82, 2.24) is 0 Å². The van der Waals surface area contributed by atoms with E-state index in [0.717, 1.165) is 18.4 Å². The molecule has 0 amide bonds. The fourth-order valence-corrected chi connectivity index (χ4v) is 2.24. The van der Waals surface area contributed by atoms with Crippen LogP contribution < -0.4 is 5.73 Å². The number of hydrogen-bond acceptors (Lipinski definition) is 2. The van der Waals surface area contributed by atoms with Crippen LogP contribution in [0, 0.1) is 17.1 Å². The lowest BCUT2D eigenvalue weighted by Gasteiger charge is -2.41. The van der Waals surface area contributed by atoms with Crippen LogP contribution in [0.1, 0.15) is 36.8 Å². The average molecular weight is 218 g/mol. The van der Waals surface area contributed by atoms with E-state index in [-0.39, 0.29) is 11.7 Å². The van der Waals surface area contributed by atoms with E-state index in [0.29, 0.717) is 12.0 Å². The van der Waals surface area contributed by atoms with Crippen LogP contribution in [0.5, 0.6) is 0 Å². The standard InChI is InChI=1S/C13H15FN2/c1-2-9-3-4-10(12(14)7-9)11-5-6-13(11,16)8-15/h3-4,7,11H,2,5-6,16H2,1H3/t11-,13-/m1/s1. The first-order valence-corrected chi connectivity index (χ1v) is 5.59. The van der Waals surface area contributed by atoms with E-state index < -0.39 is 5.54 Å². The van der Waals surface area contributed by atoms with E-state index in [4.69, 9.17) is 11.0 Å². The number of hydrogen-bond donors (Lipinski definition) is 1. The summed E-state index contributed by atoms with van der Waals surface area (Å²) in [6.07, 6.45) is 2.27. The van der Waals surface area contributed by atoms with Gasteiger partial charge in [-0.25, -0.2) is 4.39 Å². The molecule has 0 radical (unpaired) electrons. The molecule has 1 aliphatic rings. The fourth-order valence-electron chi connectivity index (χ4n) is 2.24. The molecule has 1 saturated carbocycles. The van der Waals surface area contributed by atoms with Gasteiger partial charge in [-0.05, 0) is 36.5 Å². The quantitative estimate of drug-likeness (QED) is 0.829. The van der Waals surface area contributed by atoms with Crippen LogP contribution >= 0.6 is 0 Å². The topological polar surface area (TPSA) is 49.8 Å². The summed E-state index contributed by atoms with van der Waals surface area (Å²) in [6, 6.07) is 7.33. The maximum absolute atomic E-state index is 13.8. The smallest absolute Gasteiger partial charge is 0.127 e. The number of rotatable bonds is 2. The third kappa shape index (κ3) is 1.60. The Labute approximate surface area is 94.9 Å². The number of aryl methyl sites for hydroxylation is 1. The molecule has 1 fully saturated rings. The predicted molar refractivity (Wildman–Crippen MR) is 60.3 cm³/mol. The summed E-state index contributed by atoms with van der Waals surface area (Å²) >= 11 is 0. The molecule has 0 aliphatic heterocycles. The van der Waals surface area contributed by atoms with Crippen LogP contribution in [-0.4, -0.2) is 5.54 Å². The summed E-state index contributed by atoms with van der Waals surface area (Å²) in [4.78, 5) is 0. The summed E-state index contributed by atoms with van der Waals surface area (Å²) in [5.74, 6) is -0.377. The molecule has 0 unspecified atom stereocenters. The molecule has 2 rings (SSSR count). The lowest BCUT2D eigenvalue weighted by atomic mass is 9.65. The highest BCUT2D eigenvalue weighted by Gasteiger charge is 2.45. The molecule has 2 nitrogen and oxygen atoms in total. The molecule has 3 heteroatoms. The van der Waals surface area contributed by atoms with Crippen molar-refractivity contribution >= 4 is 0 Å². The van der Waals surface area contributed by atoms with Crippen molar-refractivity contribution in [2.24, 2.45) is 5.73 Å². The van der Waals surface area contributed by atoms with E-state index >= 15 is 0 Å². The molecule has 0 saturated heterocycles. The van der Waals surface area contributed by atoms with Crippen LogP contribution in [-0.2, 0) is 6.42 Å². The Morgan fingerprint density at radius 2 is 2.38 bits per heavy atom. The highest BCUT2D eigenvalue weighted by molar-refractivity contribution is 5.35. The molecule has 1 aliphatic carbocycles. The Kier molecular flexibility index (Phi) is 2.69. The van der Waals surface area contributed by atoms with Crippen molar-refractivity contribution in [3.63, 3.8) is 0 Å². The Morgan fingerprint density at radius 3 is 2.81 bits per heavy atom. The number of halogens is 1. The second kappa shape index (κ2) is 3.88. The minimum absolute atomic E-state index is 0.150. The van der Waals surface area contributed by atoms with Crippen molar-refractivity contribution in [2.45, 2.75) is 37.6 Å². The lowest BCUT2D eigenvalue weighted by Crippen LogP contribution is -2.52. The van der Waals surface area contributed by atoms with Gasteiger partial charge in [-0.3, -0.25) is 0 Å². The molecular formula is C13H15FN2. The molecule has 16 heavy (non-hydrogen) atoms. The number of nitrogens with two attached hydrogens (primary N) is 1. The average Bonchev–Trinajstić information content (AvgIpc) is 2.29. The summed E-state index contributed by atoms with van der Waals surface area (Å²) < 4.78 is 13.8. The third-order valence-electron chi connectivity index (χ3n) is 3.53. The zero-order chi connectivity index (χ0) is 11.8. The maximum Gasteiger partial charge on any atom is 0.127 e. The fraction of sp³-hybridized carbons (Fsp3) is 0.462. The Morgan fingerprint density at radius 1 is 1.62 bits per heavy atom. The normalized spacial score (nSPS) is 28.2.